The van der Waals surface area contributed by atoms with Crippen LogP contribution in [0.3, 0.4) is 0 Å². The third kappa shape index (κ3) is 4.25. The van der Waals surface area contributed by atoms with Crippen molar-refractivity contribution in [3.8, 4) is 0 Å². The topological polar surface area (TPSA) is 82.9 Å². The maximum atomic E-state index is 4.72. The monoisotopic (exact) mass is 412 g/mol. The Balaban J connectivity index is 1.56. The van der Waals surface area contributed by atoms with Crippen LogP contribution < -0.4 is 20.9 Å². The van der Waals surface area contributed by atoms with Crippen LogP contribution in [0, 0.1) is 0 Å². The summed E-state index contributed by atoms with van der Waals surface area (Å²) in [6.07, 6.45) is 6.01. The summed E-state index contributed by atoms with van der Waals surface area (Å²) >= 11 is 4.33. The number of nitrogens with zero attached hydrogens (tertiary/aromatic N) is 5. The van der Waals surface area contributed by atoms with Gasteiger partial charge in [-0.1, -0.05) is 0 Å². The normalized spacial score (nSPS) is 15.1. The first-order chi connectivity index (χ1) is 14.2. The minimum Gasteiger partial charge on any atom is -0.367 e. The summed E-state index contributed by atoms with van der Waals surface area (Å²) in [5.74, 6) is 1.88. The van der Waals surface area contributed by atoms with Crippen molar-refractivity contribution in [2.45, 2.75) is 32.4 Å². The van der Waals surface area contributed by atoms with Crippen molar-refractivity contribution in [3.05, 3.63) is 30.6 Å². The Bertz CT molecular complexity index is 964. The van der Waals surface area contributed by atoms with Gasteiger partial charge >= 0.3 is 0 Å². The first-order valence-electron chi connectivity index (χ1n) is 10.1. The number of rotatable bonds is 7. The molecule has 0 amide bonds. The molecule has 0 spiro atoms. The molecular formula is C20H28N8S. The average Bonchev–Trinajstić information content (AvgIpc) is 3.17. The second-order valence-corrected chi connectivity index (χ2v) is 7.49. The molecule has 8 nitrogen and oxygen atoms in total. The number of nitrogens with one attached hydrogen (secondary N) is 3. The second-order valence-electron chi connectivity index (χ2n) is 7.17. The molecule has 9 heteroatoms. The molecule has 1 saturated heterocycles. The van der Waals surface area contributed by atoms with Crippen LogP contribution in [0.1, 0.15) is 19.8 Å². The first kappa shape index (κ1) is 19.8. The maximum Gasteiger partial charge on any atom is 0.229 e. The number of thiol groups is 1. The van der Waals surface area contributed by atoms with E-state index in [1.807, 2.05) is 30.2 Å². The molecule has 0 atom stereocenters. The fourth-order valence-electron chi connectivity index (χ4n) is 3.81. The van der Waals surface area contributed by atoms with Crippen LogP contribution in [-0.2, 0) is 6.54 Å². The predicted octanol–water partition coefficient (Wildman–Crippen LogP) is 3.08. The first-order valence-corrected chi connectivity index (χ1v) is 10.7. The number of aromatic nitrogens is 4. The zero-order chi connectivity index (χ0) is 20.2. The van der Waals surface area contributed by atoms with Crippen molar-refractivity contribution in [2.24, 2.45) is 0 Å². The fraction of sp³-hybridized carbons (Fsp3) is 0.450. The zero-order valence-corrected chi connectivity index (χ0v) is 17.8. The van der Waals surface area contributed by atoms with Gasteiger partial charge in [0.1, 0.15) is 0 Å². The Hall–Kier alpha value is -2.52. The van der Waals surface area contributed by atoms with Crippen LogP contribution in [0.15, 0.2) is 30.6 Å². The highest BCUT2D eigenvalue weighted by Crippen LogP contribution is 2.28. The summed E-state index contributed by atoms with van der Waals surface area (Å²) in [6.45, 7) is 4.89. The van der Waals surface area contributed by atoms with Gasteiger partial charge in [0.25, 0.3) is 0 Å². The molecule has 0 radical (unpaired) electrons. The minimum atomic E-state index is 0.512. The number of benzene rings is 1. The summed E-state index contributed by atoms with van der Waals surface area (Å²) in [4.78, 5) is 11.6. The van der Waals surface area contributed by atoms with Gasteiger partial charge in [-0.15, -0.1) is 0 Å². The SMILES string of the molecule is CCn1ncc2ccc(Nc3ncc(N4CCC(NC)CC4)c(NCS)n3)cc21. The maximum absolute atomic E-state index is 4.72. The molecule has 0 saturated carbocycles. The van der Waals surface area contributed by atoms with Crippen LogP contribution >= 0.6 is 12.6 Å². The van der Waals surface area contributed by atoms with E-state index in [4.69, 9.17) is 4.98 Å². The Kier molecular flexibility index (Phi) is 6.05. The molecule has 1 aliphatic rings. The van der Waals surface area contributed by atoms with E-state index < -0.39 is 0 Å². The molecule has 1 aromatic carbocycles. The highest BCUT2D eigenvalue weighted by molar-refractivity contribution is 7.80. The lowest BCUT2D eigenvalue weighted by molar-refractivity contribution is 0.442. The van der Waals surface area contributed by atoms with Gasteiger partial charge in [-0.2, -0.15) is 22.7 Å². The summed E-state index contributed by atoms with van der Waals surface area (Å²) in [6, 6.07) is 6.75. The van der Waals surface area contributed by atoms with Crippen molar-refractivity contribution in [1.29, 1.82) is 0 Å². The Morgan fingerprint density at radius 2 is 2.03 bits per heavy atom. The number of piperidine rings is 1. The van der Waals surface area contributed by atoms with Gasteiger partial charge in [0.15, 0.2) is 5.82 Å². The molecule has 154 valence electrons. The van der Waals surface area contributed by atoms with Crippen molar-refractivity contribution in [3.63, 3.8) is 0 Å². The van der Waals surface area contributed by atoms with Gasteiger partial charge in [-0.05, 0) is 45.0 Å². The number of anilines is 4. The quantitative estimate of drug-likeness (QED) is 0.351. The smallest absolute Gasteiger partial charge is 0.229 e. The molecule has 3 aromatic rings. The van der Waals surface area contributed by atoms with Crippen molar-refractivity contribution >= 4 is 46.7 Å². The summed E-state index contributed by atoms with van der Waals surface area (Å²) in [7, 11) is 2.03. The van der Waals surface area contributed by atoms with Crippen molar-refractivity contribution in [1.82, 2.24) is 25.1 Å². The van der Waals surface area contributed by atoms with Crippen molar-refractivity contribution < 1.29 is 0 Å². The molecule has 3 N–H and O–H groups in total. The fourth-order valence-corrected chi connectivity index (χ4v) is 3.96. The molecule has 1 fully saturated rings. The van der Waals surface area contributed by atoms with E-state index in [-0.39, 0.29) is 0 Å². The largest absolute Gasteiger partial charge is 0.367 e. The number of hydrogen-bond acceptors (Lipinski definition) is 8. The number of hydrogen-bond donors (Lipinski definition) is 4. The highest BCUT2D eigenvalue weighted by atomic mass is 32.1. The third-order valence-electron chi connectivity index (χ3n) is 5.46. The van der Waals surface area contributed by atoms with Crippen LogP contribution in [0.5, 0.6) is 0 Å². The minimum absolute atomic E-state index is 0.512. The van der Waals surface area contributed by atoms with Crippen LogP contribution in [0.4, 0.5) is 23.1 Å². The lowest BCUT2D eigenvalue weighted by Crippen LogP contribution is -2.41. The summed E-state index contributed by atoms with van der Waals surface area (Å²) in [5, 5.41) is 15.5. The standard InChI is InChI=1S/C20H28N8S/c1-3-28-17-10-16(5-4-14(17)11-24-28)25-20-22-12-18(19(26-20)23-13-29)27-8-6-15(21-2)7-9-27/h4-5,10-12,15,21,29H,3,6-9,13H2,1-2H3,(H2,22,23,25,26). The highest BCUT2D eigenvalue weighted by Gasteiger charge is 2.21. The van der Waals surface area contributed by atoms with E-state index in [1.54, 1.807) is 0 Å². The van der Waals surface area contributed by atoms with Crippen LogP contribution in [0.25, 0.3) is 10.9 Å². The Morgan fingerprint density at radius 3 is 2.76 bits per heavy atom. The van der Waals surface area contributed by atoms with E-state index in [2.05, 4.69) is 62.6 Å². The predicted molar refractivity (Wildman–Crippen MR) is 122 cm³/mol. The van der Waals surface area contributed by atoms with Gasteiger partial charge < -0.3 is 20.9 Å². The number of aryl methyl sites for hydroxylation is 1. The summed E-state index contributed by atoms with van der Waals surface area (Å²) < 4.78 is 1.98. The van der Waals surface area contributed by atoms with E-state index in [1.165, 1.54) is 0 Å². The van der Waals surface area contributed by atoms with Gasteiger partial charge in [-0.25, -0.2) is 4.98 Å². The molecule has 0 unspecified atom stereocenters. The van der Waals surface area contributed by atoms with E-state index in [9.17, 15) is 0 Å². The molecule has 0 bridgehead atoms. The molecule has 0 aliphatic carbocycles. The van der Waals surface area contributed by atoms with Crippen LogP contribution in [-0.4, -0.2) is 51.8 Å². The third-order valence-corrected chi connectivity index (χ3v) is 5.62. The number of fused-ring (bicyclic) bond motifs is 1. The van der Waals surface area contributed by atoms with Gasteiger partial charge in [0.2, 0.25) is 5.95 Å². The Labute approximate surface area is 176 Å². The average molecular weight is 413 g/mol. The summed E-state index contributed by atoms with van der Waals surface area (Å²) in [5.41, 5.74) is 3.06. The zero-order valence-electron chi connectivity index (χ0n) is 16.9. The molecule has 4 rings (SSSR count). The molecule has 3 heterocycles. The van der Waals surface area contributed by atoms with Gasteiger partial charge in [-0.3, -0.25) is 4.68 Å². The van der Waals surface area contributed by atoms with Gasteiger partial charge in [0.05, 0.1) is 29.5 Å². The van der Waals surface area contributed by atoms with Gasteiger partial charge in [0, 0.05) is 36.7 Å². The lowest BCUT2D eigenvalue weighted by Gasteiger charge is -2.34. The van der Waals surface area contributed by atoms with Crippen molar-refractivity contribution in [2.75, 3.05) is 41.5 Å². The van der Waals surface area contributed by atoms with E-state index in [0.29, 0.717) is 17.9 Å². The van der Waals surface area contributed by atoms with E-state index >= 15 is 0 Å². The molecular weight excluding hydrogens is 384 g/mol. The molecule has 29 heavy (non-hydrogen) atoms. The second kappa shape index (κ2) is 8.87. The molecule has 1 aliphatic heterocycles. The van der Waals surface area contributed by atoms with Crippen LogP contribution in [0.2, 0.25) is 0 Å². The van der Waals surface area contributed by atoms with E-state index in [0.717, 1.165) is 60.6 Å². The Morgan fingerprint density at radius 1 is 1.21 bits per heavy atom. The lowest BCUT2D eigenvalue weighted by atomic mass is 10.1. The molecule has 2 aromatic heterocycles.